The number of thiophene rings is 1. The predicted octanol–water partition coefficient (Wildman–Crippen LogP) is 2.43. The molecule has 0 radical (unpaired) electrons. The average molecular weight is 251 g/mol. The molecule has 1 saturated heterocycles. The summed E-state index contributed by atoms with van der Waals surface area (Å²) >= 11 is 1.68. The maximum atomic E-state index is 11.4. The molecule has 0 bridgehead atoms. The van der Waals surface area contributed by atoms with Crippen molar-refractivity contribution in [3.05, 3.63) is 22.4 Å². The average Bonchev–Trinajstić information content (AvgIpc) is 2.92. The molecule has 3 unspecified atom stereocenters. The van der Waals surface area contributed by atoms with Gasteiger partial charge < -0.3 is 5.11 Å². The van der Waals surface area contributed by atoms with Crippen LogP contribution in [-0.2, 0) is 11.3 Å². The minimum absolute atomic E-state index is 0.248. The molecular weight excluding hydrogens is 234 g/mol. The first-order valence-electron chi connectivity index (χ1n) is 6.23. The van der Waals surface area contributed by atoms with Crippen molar-refractivity contribution in [3.8, 4) is 0 Å². The summed E-state index contributed by atoms with van der Waals surface area (Å²) in [5.74, 6) is 0.385. The van der Waals surface area contributed by atoms with Gasteiger partial charge in [0.1, 0.15) is 6.04 Å². The minimum atomic E-state index is -0.630. The van der Waals surface area contributed by atoms with Gasteiger partial charge in [0.15, 0.2) is 0 Å². The number of hydrogen-bond acceptors (Lipinski definition) is 3. The fourth-order valence-electron chi connectivity index (χ4n) is 3.51. The summed E-state index contributed by atoms with van der Waals surface area (Å²) in [6, 6.07) is 1.85. The molecule has 1 N–H and O–H groups in total. The van der Waals surface area contributed by atoms with Gasteiger partial charge in [-0.15, -0.1) is 0 Å². The van der Waals surface area contributed by atoms with Gasteiger partial charge in [0, 0.05) is 13.1 Å². The molecule has 0 spiro atoms. The van der Waals surface area contributed by atoms with E-state index in [0.29, 0.717) is 11.8 Å². The lowest BCUT2D eigenvalue weighted by Gasteiger charge is -2.23. The second-order valence-corrected chi connectivity index (χ2v) is 5.98. The molecule has 1 aliphatic heterocycles. The number of likely N-dealkylation sites (tertiary alicyclic amines) is 1. The number of carbonyl (C=O) groups is 1. The molecule has 17 heavy (non-hydrogen) atoms. The Morgan fingerprint density at radius 3 is 3.12 bits per heavy atom. The van der Waals surface area contributed by atoms with Crippen molar-refractivity contribution in [2.24, 2.45) is 11.8 Å². The van der Waals surface area contributed by atoms with Crippen molar-refractivity contribution in [3.63, 3.8) is 0 Å². The minimum Gasteiger partial charge on any atom is -0.480 e. The van der Waals surface area contributed by atoms with Gasteiger partial charge in [0.25, 0.3) is 0 Å². The third-order valence-corrected chi connectivity index (χ3v) is 4.94. The molecule has 2 aliphatic rings. The molecule has 0 amide bonds. The normalized spacial score (nSPS) is 32.8. The van der Waals surface area contributed by atoms with Crippen molar-refractivity contribution < 1.29 is 9.90 Å². The molecule has 3 nitrogen and oxygen atoms in total. The zero-order chi connectivity index (χ0) is 11.8. The number of nitrogens with zero attached hydrogens (tertiary/aromatic N) is 1. The number of rotatable bonds is 3. The number of aliphatic carboxylic acids is 1. The van der Waals surface area contributed by atoms with E-state index in [1.807, 2.05) is 0 Å². The van der Waals surface area contributed by atoms with Gasteiger partial charge in [0.05, 0.1) is 0 Å². The first-order valence-corrected chi connectivity index (χ1v) is 7.18. The Hall–Kier alpha value is -0.870. The summed E-state index contributed by atoms with van der Waals surface area (Å²) in [6.07, 6.45) is 3.53. The van der Waals surface area contributed by atoms with E-state index >= 15 is 0 Å². The van der Waals surface area contributed by atoms with Crippen molar-refractivity contribution in [2.45, 2.75) is 31.8 Å². The topological polar surface area (TPSA) is 40.5 Å². The maximum Gasteiger partial charge on any atom is 0.321 e. The lowest BCUT2D eigenvalue weighted by Crippen LogP contribution is -2.39. The molecule has 2 heterocycles. The van der Waals surface area contributed by atoms with E-state index in [-0.39, 0.29) is 6.04 Å². The van der Waals surface area contributed by atoms with Crippen LogP contribution in [0.3, 0.4) is 0 Å². The number of fused-ring (bicyclic) bond motifs is 1. The van der Waals surface area contributed by atoms with E-state index in [2.05, 4.69) is 21.7 Å². The van der Waals surface area contributed by atoms with E-state index in [1.54, 1.807) is 11.3 Å². The first kappa shape index (κ1) is 11.2. The van der Waals surface area contributed by atoms with Gasteiger partial charge >= 0.3 is 5.97 Å². The van der Waals surface area contributed by atoms with E-state index in [0.717, 1.165) is 19.5 Å². The van der Waals surface area contributed by atoms with Crippen molar-refractivity contribution >= 4 is 17.3 Å². The zero-order valence-corrected chi connectivity index (χ0v) is 10.5. The van der Waals surface area contributed by atoms with Crippen LogP contribution in [0.2, 0.25) is 0 Å². The molecule has 1 saturated carbocycles. The monoisotopic (exact) mass is 251 g/mol. The number of hydrogen-bond donors (Lipinski definition) is 1. The fourth-order valence-corrected chi connectivity index (χ4v) is 4.17. The zero-order valence-electron chi connectivity index (χ0n) is 9.71. The van der Waals surface area contributed by atoms with E-state index < -0.39 is 5.97 Å². The van der Waals surface area contributed by atoms with Gasteiger partial charge in [-0.25, -0.2) is 0 Å². The van der Waals surface area contributed by atoms with Crippen LogP contribution >= 0.6 is 11.3 Å². The molecule has 4 heteroatoms. The first-order chi connectivity index (χ1) is 8.25. The van der Waals surface area contributed by atoms with Crippen LogP contribution in [0.5, 0.6) is 0 Å². The van der Waals surface area contributed by atoms with Crippen LogP contribution in [0.1, 0.15) is 24.8 Å². The van der Waals surface area contributed by atoms with Crippen LogP contribution in [0, 0.1) is 11.8 Å². The predicted molar refractivity (Wildman–Crippen MR) is 67.0 cm³/mol. The number of carboxylic acids is 1. The highest BCUT2D eigenvalue weighted by molar-refractivity contribution is 7.07. The Kier molecular flexibility index (Phi) is 2.92. The Bertz CT molecular complexity index is 404. The Morgan fingerprint density at radius 1 is 1.53 bits per heavy atom. The molecule has 1 aromatic heterocycles. The Labute approximate surface area is 105 Å². The lowest BCUT2D eigenvalue weighted by atomic mass is 9.94. The molecule has 0 aromatic carbocycles. The summed E-state index contributed by atoms with van der Waals surface area (Å²) in [6.45, 7) is 1.77. The van der Waals surface area contributed by atoms with E-state index in [1.165, 1.54) is 18.4 Å². The lowest BCUT2D eigenvalue weighted by molar-refractivity contribution is -0.143. The van der Waals surface area contributed by atoms with E-state index in [9.17, 15) is 9.90 Å². The van der Waals surface area contributed by atoms with Crippen molar-refractivity contribution in [1.29, 1.82) is 0 Å². The third-order valence-electron chi connectivity index (χ3n) is 4.20. The summed E-state index contributed by atoms with van der Waals surface area (Å²) < 4.78 is 0. The van der Waals surface area contributed by atoms with Gasteiger partial charge in [-0.2, -0.15) is 11.3 Å². The summed E-state index contributed by atoms with van der Waals surface area (Å²) in [5.41, 5.74) is 1.25. The van der Waals surface area contributed by atoms with Gasteiger partial charge in [-0.05, 0) is 47.1 Å². The van der Waals surface area contributed by atoms with Crippen LogP contribution in [0.25, 0.3) is 0 Å². The van der Waals surface area contributed by atoms with Crippen LogP contribution in [-0.4, -0.2) is 28.6 Å². The smallest absolute Gasteiger partial charge is 0.321 e. The maximum absolute atomic E-state index is 11.4. The molecule has 1 aliphatic carbocycles. The highest BCUT2D eigenvalue weighted by Crippen LogP contribution is 2.42. The van der Waals surface area contributed by atoms with Gasteiger partial charge in [-0.3, -0.25) is 9.69 Å². The molecule has 3 rings (SSSR count). The SMILES string of the molecule is O=C(O)C1C2CCCC2CN1Cc1ccsc1. The van der Waals surface area contributed by atoms with Gasteiger partial charge in [-0.1, -0.05) is 6.42 Å². The van der Waals surface area contributed by atoms with Crippen LogP contribution in [0.15, 0.2) is 16.8 Å². The molecule has 2 fully saturated rings. The Balaban J connectivity index is 1.77. The fraction of sp³-hybridized carbons (Fsp3) is 0.615. The molecular formula is C13H17NO2S. The van der Waals surface area contributed by atoms with Gasteiger partial charge in [0.2, 0.25) is 0 Å². The summed E-state index contributed by atoms with van der Waals surface area (Å²) in [7, 11) is 0. The van der Waals surface area contributed by atoms with Crippen molar-refractivity contribution in [2.75, 3.05) is 6.54 Å². The third kappa shape index (κ3) is 2.00. The van der Waals surface area contributed by atoms with Crippen LogP contribution in [0.4, 0.5) is 0 Å². The largest absolute Gasteiger partial charge is 0.480 e. The van der Waals surface area contributed by atoms with Crippen LogP contribution < -0.4 is 0 Å². The number of carboxylic acid groups (broad SMARTS) is 1. The van der Waals surface area contributed by atoms with E-state index in [4.69, 9.17) is 0 Å². The molecule has 3 atom stereocenters. The summed E-state index contributed by atoms with van der Waals surface area (Å²) in [4.78, 5) is 13.6. The van der Waals surface area contributed by atoms with Crippen molar-refractivity contribution in [1.82, 2.24) is 4.90 Å². The Morgan fingerprint density at radius 2 is 2.41 bits per heavy atom. The highest BCUT2D eigenvalue weighted by atomic mass is 32.1. The molecule has 1 aromatic rings. The standard InChI is InChI=1S/C13H17NO2S/c15-13(16)12-11-3-1-2-10(11)7-14(12)6-9-4-5-17-8-9/h4-5,8,10-12H,1-3,6-7H2,(H,15,16). The second-order valence-electron chi connectivity index (χ2n) is 5.20. The second kappa shape index (κ2) is 4.42. The summed E-state index contributed by atoms with van der Waals surface area (Å²) in [5, 5.41) is 13.6. The molecule has 92 valence electrons. The highest BCUT2D eigenvalue weighted by Gasteiger charge is 2.47. The quantitative estimate of drug-likeness (QED) is 0.897.